The van der Waals surface area contributed by atoms with Crippen molar-refractivity contribution < 1.29 is 24.2 Å². The van der Waals surface area contributed by atoms with Crippen molar-refractivity contribution in [1.82, 2.24) is 9.80 Å². The molecule has 2 aliphatic heterocycles. The molecule has 7 nitrogen and oxygen atoms in total. The summed E-state index contributed by atoms with van der Waals surface area (Å²) in [6.45, 7) is 12.9. The van der Waals surface area contributed by atoms with E-state index in [4.69, 9.17) is 14.6 Å². The van der Waals surface area contributed by atoms with Crippen LogP contribution in [0.5, 0.6) is 0 Å². The Balaban J connectivity index is 1.92. The molecule has 0 bridgehead atoms. The lowest BCUT2D eigenvalue weighted by Gasteiger charge is -2.48. The molecule has 2 atom stereocenters. The predicted octanol–water partition coefficient (Wildman–Crippen LogP) is 10.4. The van der Waals surface area contributed by atoms with Gasteiger partial charge in [0.15, 0.2) is 0 Å². The summed E-state index contributed by atoms with van der Waals surface area (Å²) in [7, 11) is 0. The van der Waals surface area contributed by atoms with Crippen LogP contribution in [0.3, 0.4) is 0 Å². The zero-order valence-corrected chi connectivity index (χ0v) is 33.8. The second-order valence-electron chi connectivity index (χ2n) is 16.1. The maximum atomic E-state index is 13.6. The lowest BCUT2D eigenvalue weighted by Crippen LogP contribution is -2.52. The summed E-state index contributed by atoms with van der Waals surface area (Å²) in [5, 5.41) is 9.16. The molecule has 0 saturated carbocycles. The van der Waals surface area contributed by atoms with Crippen LogP contribution in [0.4, 0.5) is 0 Å². The van der Waals surface area contributed by atoms with E-state index in [0.717, 1.165) is 103 Å². The number of carbonyl (C=O) groups excluding carboxylic acids is 2. The van der Waals surface area contributed by atoms with Crippen molar-refractivity contribution in [3.05, 3.63) is 12.2 Å². The topological polar surface area (TPSA) is 79.3 Å². The zero-order chi connectivity index (χ0) is 36.8. The first-order chi connectivity index (χ1) is 25.0. The van der Waals surface area contributed by atoms with Crippen LogP contribution in [0.15, 0.2) is 12.2 Å². The number of allylic oxidation sites excluding steroid dienone is 2. The number of carbonyl (C=O) groups is 2. The van der Waals surface area contributed by atoms with Crippen molar-refractivity contribution in [3.8, 4) is 0 Å². The van der Waals surface area contributed by atoms with Crippen molar-refractivity contribution >= 4 is 11.9 Å². The molecule has 0 aliphatic carbocycles. The van der Waals surface area contributed by atoms with Crippen LogP contribution in [-0.4, -0.2) is 85.4 Å². The van der Waals surface area contributed by atoms with E-state index in [1.54, 1.807) is 0 Å². The normalized spacial score (nSPS) is 18.0. The molecule has 298 valence electrons. The van der Waals surface area contributed by atoms with Crippen LogP contribution >= 0.6 is 0 Å². The van der Waals surface area contributed by atoms with E-state index in [1.807, 2.05) is 0 Å². The van der Waals surface area contributed by atoms with Crippen LogP contribution in [0.25, 0.3) is 0 Å². The number of esters is 2. The molecule has 0 amide bonds. The summed E-state index contributed by atoms with van der Waals surface area (Å²) in [4.78, 5) is 31.5. The molecule has 1 N–H and O–H groups in total. The lowest BCUT2D eigenvalue weighted by molar-refractivity contribution is -0.154. The van der Waals surface area contributed by atoms with Crippen molar-refractivity contribution in [3.63, 3.8) is 0 Å². The first-order valence-electron chi connectivity index (χ1n) is 22.0. The Hall–Kier alpha value is -1.44. The zero-order valence-electron chi connectivity index (χ0n) is 33.8. The summed E-state index contributed by atoms with van der Waals surface area (Å²) in [6.07, 6.45) is 33.5. The standard InChI is InChI=1S/C44H82N2O5/c1-4-7-10-13-15-16-17-19-22-27-42(48)50-38-41(46-35-30-44(31-36-46)28-33-45(34-29-44)32-23-24-37-47)39-51-43(49)40(25-20-12-9-6-3)26-21-18-14-11-8-5-2/h16-17,40-41,47H,4-15,18-39H2,1-3H3/b17-16-. The summed E-state index contributed by atoms with van der Waals surface area (Å²) >= 11 is 0. The van der Waals surface area contributed by atoms with Crippen molar-refractivity contribution in [1.29, 1.82) is 0 Å². The molecule has 2 heterocycles. The van der Waals surface area contributed by atoms with Gasteiger partial charge in [-0.05, 0) is 115 Å². The van der Waals surface area contributed by atoms with Gasteiger partial charge in [-0.2, -0.15) is 0 Å². The third kappa shape index (κ3) is 21.1. The number of rotatable bonds is 31. The van der Waals surface area contributed by atoms with E-state index in [2.05, 4.69) is 42.7 Å². The van der Waals surface area contributed by atoms with E-state index < -0.39 is 0 Å². The number of aliphatic hydroxyl groups is 1. The van der Waals surface area contributed by atoms with Crippen LogP contribution in [0.2, 0.25) is 0 Å². The largest absolute Gasteiger partial charge is 0.464 e. The Morgan fingerprint density at radius 3 is 1.80 bits per heavy atom. The highest BCUT2D eigenvalue weighted by molar-refractivity contribution is 5.72. The second kappa shape index (κ2) is 29.9. The average Bonchev–Trinajstić information content (AvgIpc) is 3.14. The third-order valence-electron chi connectivity index (χ3n) is 11.8. The monoisotopic (exact) mass is 719 g/mol. The first-order valence-corrected chi connectivity index (χ1v) is 22.0. The number of unbranched alkanes of at least 4 members (excludes halogenated alkanes) is 14. The van der Waals surface area contributed by atoms with Gasteiger partial charge in [0.05, 0.1) is 12.0 Å². The highest BCUT2D eigenvalue weighted by Gasteiger charge is 2.39. The highest BCUT2D eigenvalue weighted by atomic mass is 16.5. The fourth-order valence-electron chi connectivity index (χ4n) is 8.04. The number of piperidine rings is 2. The first kappa shape index (κ1) is 45.7. The Morgan fingerprint density at radius 1 is 0.647 bits per heavy atom. The van der Waals surface area contributed by atoms with Gasteiger partial charge >= 0.3 is 11.9 Å². The number of ether oxygens (including phenoxy) is 2. The Kier molecular flexibility index (Phi) is 26.8. The predicted molar refractivity (Wildman–Crippen MR) is 213 cm³/mol. The van der Waals surface area contributed by atoms with E-state index in [-0.39, 0.29) is 30.5 Å². The quantitative estimate of drug-likeness (QED) is 0.0434. The van der Waals surface area contributed by atoms with Gasteiger partial charge in [0.25, 0.3) is 0 Å². The fraction of sp³-hybridized carbons (Fsp3) is 0.909. The number of likely N-dealkylation sites (tertiary alicyclic amines) is 2. The van der Waals surface area contributed by atoms with E-state index in [9.17, 15) is 9.59 Å². The molecule has 0 aromatic heterocycles. The number of hydrogen-bond donors (Lipinski definition) is 1. The van der Waals surface area contributed by atoms with Gasteiger partial charge in [0.2, 0.25) is 0 Å². The SMILES string of the molecule is CCCCCC/C=C\CCCC(=O)OCC(COC(=O)C(CCCCCC)CCCCCCCC)N1CCC2(CCN(CCCCO)CC2)CC1. The highest BCUT2D eigenvalue weighted by Crippen LogP contribution is 2.41. The van der Waals surface area contributed by atoms with Crippen molar-refractivity contribution in [2.24, 2.45) is 11.3 Å². The van der Waals surface area contributed by atoms with Gasteiger partial charge in [-0.3, -0.25) is 14.5 Å². The van der Waals surface area contributed by atoms with E-state index in [1.165, 1.54) is 89.9 Å². The number of nitrogens with zero attached hydrogens (tertiary/aromatic N) is 2. The van der Waals surface area contributed by atoms with Gasteiger partial charge < -0.3 is 19.5 Å². The summed E-state index contributed by atoms with van der Waals surface area (Å²) in [6, 6.07) is -0.0911. The minimum absolute atomic E-state index is 0.0249. The third-order valence-corrected chi connectivity index (χ3v) is 11.8. The van der Waals surface area contributed by atoms with Gasteiger partial charge in [0, 0.05) is 13.0 Å². The number of hydrogen-bond acceptors (Lipinski definition) is 7. The molecule has 2 rings (SSSR count). The van der Waals surface area contributed by atoms with Gasteiger partial charge in [-0.25, -0.2) is 0 Å². The minimum Gasteiger partial charge on any atom is -0.464 e. The molecule has 1 spiro atoms. The van der Waals surface area contributed by atoms with E-state index >= 15 is 0 Å². The summed E-state index contributed by atoms with van der Waals surface area (Å²) in [5.41, 5.74) is 0.395. The van der Waals surface area contributed by atoms with Crippen LogP contribution in [0, 0.1) is 11.3 Å². The Bertz CT molecular complexity index is 877. The van der Waals surface area contributed by atoms with Crippen LogP contribution in [-0.2, 0) is 19.1 Å². The molecular weight excluding hydrogens is 636 g/mol. The molecule has 2 fully saturated rings. The molecule has 0 aromatic rings. The maximum Gasteiger partial charge on any atom is 0.308 e. The molecule has 2 saturated heterocycles. The Labute approximate surface area is 315 Å². The molecule has 2 aliphatic rings. The van der Waals surface area contributed by atoms with Crippen molar-refractivity contribution in [2.45, 2.75) is 194 Å². The van der Waals surface area contributed by atoms with Crippen LogP contribution in [0.1, 0.15) is 188 Å². The molecule has 51 heavy (non-hydrogen) atoms. The maximum absolute atomic E-state index is 13.6. The number of aliphatic hydroxyl groups excluding tert-OH is 1. The Morgan fingerprint density at radius 2 is 1.18 bits per heavy atom. The molecular formula is C44H82N2O5. The average molecular weight is 719 g/mol. The minimum atomic E-state index is -0.137. The smallest absolute Gasteiger partial charge is 0.308 e. The van der Waals surface area contributed by atoms with Gasteiger partial charge in [-0.15, -0.1) is 0 Å². The van der Waals surface area contributed by atoms with Gasteiger partial charge in [-0.1, -0.05) is 116 Å². The van der Waals surface area contributed by atoms with E-state index in [0.29, 0.717) is 25.0 Å². The van der Waals surface area contributed by atoms with Crippen molar-refractivity contribution in [2.75, 3.05) is 52.5 Å². The fourth-order valence-corrected chi connectivity index (χ4v) is 8.04. The van der Waals surface area contributed by atoms with Crippen LogP contribution < -0.4 is 0 Å². The summed E-state index contributed by atoms with van der Waals surface area (Å²) in [5.74, 6) is -0.204. The van der Waals surface area contributed by atoms with Gasteiger partial charge in [0.1, 0.15) is 13.2 Å². The molecule has 7 heteroatoms. The lowest BCUT2D eigenvalue weighted by atomic mass is 9.71. The molecule has 2 unspecified atom stereocenters. The molecule has 0 aromatic carbocycles. The summed E-state index contributed by atoms with van der Waals surface area (Å²) < 4.78 is 12.1. The second-order valence-corrected chi connectivity index (χ2v) is 16.1. The molecule has 0 radical (unpaired) electrons.